The van der Waals surface area contributed by atoms with Crippen LogP contribution in [0.3, 0.4) is 0 Å². The second-order valence-corrected chi connectivity index (χ2v) is 2.05. The van der Waals surface area contributed by atoms with Gasteiger partial charge in [-0.1, -0.05) is 0 Å². The maximum absolute atomic E-state index is 8.99. The summed E-state index contributed by atoms with van der Waals surface area (Å²) >= 11 is 0. The molecule has 10 heavy (non-hydrogen) atoms. The van der Waals surface area contributed by atoms with Gasteiger partial charge in [0.1, 0.15) is 0 Å². The van der Waals surface area contributed by atoms with Crippen LogP contribution in [0.5, 0.6) is 0 Å². The van der Waals surface area contributed by atoms with Gasteiger partial charge in [-0.2, -0.15) is 0 Å². The molecule has 3 N–H and O–H groups in total. The minimum atomic E-state index is -0.527. The van der Waals surface area contributed by atoms with Gasteiger partial charge < -0.3 is 10.8 Å². The lowest BCUT2D eigenvalue weighted by molar-refractivity contribution is 0.198. The third-order valence-electron chi connectivity index (χ3n) is 1.17. The average Bonchev–Trinajstić information content (AvgIpc) is 1.88. The zero-order chi connectivity index (χ0) is 7.56. The number of aliphatic hydroxyl groups is 1. The molecule has 0 bridgehead atoms. The number of nitrogen functional groups attached to an aromatic ring is 1. The van der Waals surface area contributed by atoms with Crippen molar-refractivity contribution in [3.63, 3.8) is 0 Å². The zero-order valence-corrected chi connectivity index (χ0v) is 5.65. The molecule has 0 saturated carbocycles. The van der Waals surface area contributed by atoms with E-state index in [1.807, 2.05) is 0 Å². The number of hydrogen-bond donors (Lipinski definition) is 2. The Balaban J connectivity index is 2.89. The van der Waals surface area contributed by atoms with E-state index < -0.39 is 6.10 Å². The number of nitrogens with two attached hydrogens (primary N) is 1. The summed E-state index contributed by atoms with van der Waals surface area (Å²) in [5, 5.41) is 8.99. The topological polar surface area (TPSA) is 72.0 Å². The first kappa shape index (κ1) is 6.95. The molecule has 0 spiro atoms. The van der Waals surface area contributed by atoms with Crippen LogP contribution < -0.4 is 5.73 Å². The van der Waals surface area contributed by atoms with Crippen LogP contribution in [0.25, 0.3) is 0 Å². The molecule has 0 saturated heterocycles. The predicted octanol–water partition coefficient (Wildman–Crippen LogP) is 0.112. The summed E-state index contributed by atoms with van der Waals surface area (Å²) in [5.74, 6) is 0.226. The van der Waals surface area contributed by atoms with Crippen molar-refractivity contribution < 1.29 is 5.11 Å². The van der Waals surface area contributed by atoms with Gasteiger partial charge in [0, 0.05) is 18.0 Å². The second kappa shape index (κ2) is 2.62. The predicted molar refractivity (Wildman–Crippen MR) is 37.1 cm³/mol. The van der Waals surface area contributed by atoms with Crippen molar-refractivity contribution in [3.05, 3.63) is 18.0 Å². The summed E-state index contributed by atoms with van der Waals surface area (Å²) in [6.07, 6.45) is 2.49. The number of nitrogens with zero attached hydrogens (tertiary/aromatic N) is 2. The molecule has 0 unspecified atom stereocenters. The van der Waals surface area contributed by atoms with Gasteiger partial charge in [0.15, 0.2) is 0 Å². The van der Waals surface area contributed by atoms with Gasteiger partial charge in [0.2, 0.25) is 5.95 Å². The van der Waals surface area contributed by atoms with Crippen LogP contribution >= 0.6 is 0 Å². The van der Waals surface area contributed by atoms with Crippen LogP contribution in [0.2, 0.25) is 0 Å². The fourth-order valence-electron chi connectivity index (χ4n) is 0.564. The summed E-state index contributed by atoms with van der Waals surface area (Å²) in [7, 11) is 0. The maximum Gasteiger partial charge on any atom is 0.219 e. The van der Waals surface area contributed by atoms with Crippen molar-refractivity contribution in [2.75, 3.05) is 5.73 Å². The quantitative estimate of drug-likeness (QED) is 0.579. The summed E-state index contributed by atoms with van der Waals surface area (Å²) in [6.45, 7) is 1.65. The minimum Gasteiger partial charge on any atom is -0.389 e. The van der Waals surface area contributed by atoms with E-state index in [4.69, 9.17) is 10.8 Å². The lowest BCUT2D eigenvalue weighted by atomic mass is 10.2. The molecule has 1 aromatic heterocycles. The van der Waals surface area contributed by atoms with E-state index in [2.05, 4.69) is 9.97 Å². The highest BCUT2D eigenvalue weighted by molar-refractivity contribution is 5.18. The van der Waals surface area contributed by atoms with Crippen molar-refractivity contribution in [1.82, 2.24) is 9.97 Å². The minimum absolute atomic E-state index is 0.226. The smallest absolute Gasteiger partial charge is 0.219 e. The third-order valence-corrected chi connectivity index (χ3v) is 1.17. The number of rotatable bonds is 1. The van der Waals surface area contributed by atoms with E-state index in [0.29, 0.717) is 5.56 Å². The summed E-state index contributed by atoms with van der Waals surface area (Å²) < 4.78 is 0. The van der Waals surface area contributed by atoms with E-state index in [0.717, 1.165) is 0 Å². The molecule has 54 valence electrons. The summed E-state index contributed by atoms with van der Waals surface area (Å²) in [4.78, 5) is 7.41. The van der Waals surface area contributed by atoms with Crippen LogP contribution in [0.4, 0.5) is 5.95 Å². The molecule has 1 aromatic rings. The Morgan fingerprint density at radius 1 is 1.50 bits per heavy atom. The van der Waals surface area contributed by atoms with E-state index in [9.17, 15) is 0 Å². The van der Waals surface area contributed by atoms with Gasteiger partial charge in [-0.25, -0.2) is 9.97 Å². The second-order valence-electron chi connectivity index (χ2n) is 2.05. The number of aliphatic hydroxyl groups excluding tert-OH is 1. The molecule has 0 fully saturated rings. The Kier molecular flexibility index (Phi) is 1.82. The van der Waals surface area contributed by atoms with Crippen molar-refractivity contribution in [1.29, 1.82) is 0 Å². The first-order valence-corrected chi connectivity index (χ1v) is 2.95. The molecule has 0 amide bonds. The average molecular weight is 139 g/mol. The van der Waals surface area contributed by atoms with Crippen LogP contribution in [0.1, 0.15) is 18.6 Å². The molecular weight excluding hydrogens is 130 g/mol. The number of aromatic nitrogens is 2. The van der Waals surface area contributed by atoms with Gasteiger partial charge in [0.25, 0.3) is 0 Å². The van der Waals surface area contributed by atoms with Gasteiger partial charge in [-0.15, -0.1) is 0 Å². The van der Waals surface area contributed by atoms with Crippen molar-refractivity contribution >= 4 is 5.95 Å². The normalized spacial score (nSPS) is 13.0. The highest BCUT2D eigenvalue weighted by atomic mass is 16.3. The van der Waals surface area contributed by atoms with Crippen LogP contribution in [-0.4, -0.2) is 15.1 Å². The van der Waals surface area contributed by atoms with Crippen LogP contribution in [0.15, 0.2) is 12.4 Å². The third kappa shape index (κ3) is 1.41. The first-order chi connectivity index (χ1) is 4.70. The molecule has 4 heteroatoms. The number of anilines is 1. The van der Waals surface area contributed by atoms with E-state index in [1.54, 1.807) is 6.92 Å². The molecular formula is C6H9N3O. The first-order valence-electron chi connectivity index (χ1n) is 2.95. The largest absolute Gasteiger partial charge is 0.389 e. The SMILES string of the molecule is C[C@H](O)c1cnc(N)nc1. The van der Waals surface area contributed by atoms with E-state index in [1.165, 1.54) is 12.4 Å². The van der Waals surface area contributed by atoms with Gasteiger partial charge >= 0.3 is 0 Å². The Labute approximate surface area is 58.7 Å². The molecule has 1 heterocycles. The van der Waals surface area contributed by atoms with Crippen molar-refractivity contribution in [2.45, 2.75) is 13.0 Å². The fourth-order valence-corrected chi connectivity index (χ4v) is 0.564. The molecule has 1 atom stereocenters. The highest BCUT2D eigenvalue weighted by Crippen LogP contribution is 2.07. The van der Waals surface area contributed by atoms with Crippen LogP contribution in [-0.2, 0) is 0 Å². The van der Waals surface area contributed by atoms with Crippen molar-refractivity contribution in [2.24, 2.45) is 0 Å². The van der Waals surface area contributed by atoms with Gasteiger partial charge in [-0.3, -0.25) is 0 Å². The molecule has 0 aliphatic carbocycles. The molecule has 4 nitrogen and oxygen atoms in total. The molecule has 0 aliphatic heterocycles. The highest BCUT2D eigenvalue weighted by Gasteiger charge is 1.99. The lowest BCUT2D eigenvalue weighted by Crippen LogP contribution is -1.97. The molecule has 0 aliphatic rings. The van der Waals surface area contributed by atoms with Gasteiger partial charge in [0.05, 0.1) is 6.10 Å². The van der Waals surface area contributed by atoms with Crippen molar-refractivity contribution in [3.8, 4) is 0 Å². The molecule has 1 rings (SSSR count). The standard InChI is InChI=1S/C6H9N3O/c1-4(10)5-2-8-6(7)9-3-5/h2-4,10H,1H3,(H2,7,8,9)/t4-/m0/s1. The van der Waals surface area contributed by atoms with E-state index in [-0.39, 0.29) is 5.95 Å². The fraction of sp³-hybridized carbons (Fsp3) is 0.333. The lowest BCUT2D eigenvalue weighted by Gasteiger charge is -2.01. The summed E-state index contributed by atoms with van der Waals surface area (Å²) in [6, 6.07) is 0. The maximum atomic E-state index is 8.99. The Morgan fingerprint density at radius 3 is 2.40 bits per heavy atom. The molecule has 0 aromatic carbocycles. The molecule has 0 radical (unpaired) electrons. The Morgan fingerprint density at radius 2 is 2.00 bits per heavy atom. The summed E-state index contributed by atoms with van der Waals surface area (Å²) in [5.41, 5.74) is 5.90. The Bertz CT molecular complexity index is 207. The number of hydrogen-bond acceptors (Lipinski definition) is 4. The van der Waals surface area contributed by atoms with E-state index >= 15 is 0 Å². The monoisotopic (exact) mass is 139 g/mol. The zero-order valence-electron chi connectivity index (χ0n) is 5.65. The van der Waals surface area contributed by atoms with Gasteiger partial charge in [-0.05, 0) is 6.92 Å². The van der Waals surface area contributed by atoms with Crippen LogP contribution in [0, 0.1) is 0 Å². The Hall–Kier alpha value is -1.16.